The minimum atomic E-state index is -0.972. The first-order valence-electron chi connectivity index (χ1n) is 44.9. The first kappa shape index (κ1) is 92.8. The van der Waals surface area contributed by atoms with Crippen molar-refractivity contribution in [2.24, 2.45) is 88.8 Å². The summed E-state index contributed by atoms with van der Waals surface area (Å²) in [6, 6.07) is 24.6. The molecule has 20 atom stereocenters. The predicted molar refractivity (Wildman–Crippen MR) is 450 cm³/mol. The van der Waals surface area contributed by atoms with Crippen LogP contribution in [0, 0.1) is 88.8 Å². The molecule has 634 valence electrons. The molecular weight excluding hydrogens is 1420 g/mol. The van der Waals surface area contributed by atoms with Gasteiger partial charge in [0, 0.05) is 7.11 Å². The molecular formula is C97H150O16. The Hall–Kier alpha value is -5.75. The number of carbonyl (C=O) groups excluding carboxylic acids is 1. The van der Waals surface area contributed by atoms with Gasteiger partial charge in [-0.15, -0.1) is 0 Å². The van der Waals surface area contributed by atoms with Crippen LogP contribution in [0.5, 0.6) is 23.0 Å². The summed E-state index contributed by atoms with van der Waals surface area (Å²) >= 11 is 0. The lowest BCUT2D eigenvalue weighted by Gasteiger charge is -2.33. The molecule has 0 heterocycles. The zero-order chi connectivity index (χ0) is 81.5. The Labute approximate surface area is 680 Å². The van der Waals surface area contributed by atoms with Gasteiger partial charge in [-0.05, 0) is 293 Å². The van der Waals surface area contributed by atoms with Gasteiger partial charge in [-0.2, -0.15) is 0 Å². The zero-order valence-electron chi connectivity index (χ0n) is 71.1. The maximum Gasteiger partial charge on any atom is 0.343 e. The third kappa shape index (κ3) is 27.1. The molecule has 16 heteroatoms. The van der Waals surface area contributed by atoms with Gasteiger partial charge in [0.25, 0.3) is 0 Å². The van der Waals surface area contributed by atoms with E-state index in [-0.39, 0.29) is 62.2 Å². The average Bonchev–Trinajstić information content (AvgIpc) is 1.67. The number of aliphatic hydroxyl groups excluding tert-OH is 6. The molecule has 0 amide bonds. The van der Waals surface area contributed by atoms with Crippen molar-refractivity contribution in [1.29, 1.82) is 0 Å². The summed E-state index contributed by atoms with van der Waals surface area (Å²) in [5.74, 6) is 9.84. The molecule has 8 N–H and O–H groups in total. The highest BCUT2D eigenvalue weighted by atomic mass is 16.6. The molecule has 0 aromatic heterocycles. The van der Waals surface area contributed by atoms with Crippen molar-refractivity contribution in [3.63, 3.8) is 0 Å². The Morgan fingerprint density at radius 1 is 0.389 bits per heavy atom. The molecule has 113 heavy (non-hydrogen) atoms. The molecule has 12 rings (SSSR count). The van der Waals surface area contributed by atoms with Crippen LogP contribution in [0.2, 0.25) is 0 Å². The number of esters is 1. The number of methoxy groups -OCH3 is 1. The van der Waals surface area contributed by atoms with Crippen molar-refractivity contribution in [3.8, 4) is 23.0 Å². The number of carboxylic acid groups (broad SMARTS) is 2. The van der Waals surface area contributed by atoms with Crippen molar-refractivity contribution in [3.05, 3.63) is 117 Å². The lowest BCUT2D eigenvalue weighted by Crippen LogP contribution is -2.28. The van der Waals surface area contributed by atoms with Gasteiger partial charge in [0.2, 0.25) is 0 Å². The fourth-order valence-electron chi connectivity index (χ4n) is 21.8. The molecule has 4 aromatic rings. The van der Waals surface area contributed by atoms with Crippen LogP contribution in [-0.2, 0) is 70.5 Å². The summed E-state index contributed by atoms with van der Waals surface area (Å²) in [4.78, 5) is 33.2. The van der Waals surface area contributed by atoms with Gasteiger partial charge < -0.3 is 64.5 Å². The Balaban J connectivity index is 0.000000187. The molecule has 1 unspecified atom stereocenters. The SMILES string of the molecule is CCCCCC(C)CC[C@@H]1[C@H]2Cc3cccc(OCC(=O)OC)c3C[C@H]2C[C@H]1O.CCCCC[C@H](C)CC[C@@H]1[C@H]2Cc3cccc(OCC(=O)O)c3C[C@H]2C[C@H]1C.CCCCC[C@H](O)CC[C@@H]1[C@H]2Cc3cccc(OCC(=O)O)c3C[C@H]2C[C@H]1O.CCCCC[C@H](O)CC[C@@H]1[C@H]2Cc3cccc(OCC)c3C[C@H]2C[C@H]1O.CO. The number of unbranched alkanes of at least 4 members (excludes halogenated alkanes) is 8. The number of carboxylic acids is 2. The van der Waals surface area contributed by atoms with E-state index in [1.807, 2.05) is 43.3 Å². The average molecular weight is 1570 g/mol. The second-order valence-electron chi connectivity index (χ2n) is 35.7. The van der Waals surface area contributed by atoms with E-state index in [0.29, 0.717) is 59.7 Å². The van der Waals surface area contributed by atoms with Crippen molar-refractivity contribution in [1.82, 2.24) is 0 Å². The van der Waals surface area contributed by atoms with E-state index in [2.05, 4.69) is 84.9 Å². The van der Waals surface area contributed by atoms with Crippen LogP contribution in [0.1, 0.15) is 280 Å². The Morgan fingerprint density at radius 2 is 0.690 bits per heavy atom. The molecule has 4 aromatic carbocycles. The summed E-state index contributed by atoms with van der Waals surface area (Å²) in [5.41, 5.74) is 10.3. The maximum absolute atomic E-state index is 11.5. The minimum Gasteiger partial charge on any atom is -0.494 e. The fourth-order valence-corrected chi connectivity index (χ4v) is 21.8. The predicted octanol–water partition coefficient (Wildman–Crippen LogP) is 18.8. The number of benzene rings is 4. The molecule has 8 aliphatic rings. The van der Waals surface area contributed by atoms with Crippen LogP contribution in [0.15, 0.2) is 72.8 Å². The number of hydrogen-bond acceptors (Lipinski definition) is 14. The molecule has 0 bridgehead atoms. The van der Waals surface area contributed by atoms with E-state index in [9.17, 15) is 39.9 Å². The molecule has 4 fully saturated rings. The highest BCUT2D eigenvalue weighted by Crippen LogP contribution is 2.54. The van der Waals surface area contributed by atoms with Crippen molar-refractivity contribution >= 4 is 17.9 Å². The Kier molecular flexibility index (Phi) is 39.6. The maximum atomic E-state index is 11.5. The number of aliphatic carboxylic acids is 2. The van der Waals surface area contributed by atoms with E-state index in [0.717, 1.165) is 207 Å². The Bertz CT molecular complexity index is 3330. The van der Waals surface area contributed by atoms with E-state index in [4.69, 9.17) is 39.0 Å². The lowest BCUT2D eigenvalue weighted by molar-refractivity contribution is -0.143. The van der Waals surface area contributed by atoms with Gasteiger partial charge in [0.15, 0.2) is 19.8 Å². The van der Waals surface area contributed by atoms with Gasteiger partial charge >= 0.3 is 17.9 Å². The summed E-state index contributed by atoms with van der Waals surface area (Å²) < 4.78 is 27.4. The number of rotatable bonds is 39. The standard InChI is InChI=1S/C25H38O4.C25H38O3.C23H34O5.C23H36O3.CH4O/c1-4-5-6-8-17(2)11-12-20-21-13-18-9-7-10-24(29-16-25(27)28-3)22(18)14-19(21)15-23(20)26;1-4-5-6-8-17(2)11-12-21-18(3)13-20-15-23-19(14-22(20)21)9-7-10-24(23)28-16-25(26)27;1-2-3-4-7-17(24)9-10-18-19-11-15-6-5-8-22(28-14-23(26)27)20(15)12-16(19)13-21(18)25;1-3-5-6-9-18(24)11-12-19-20-13-16-8-7-10-23(26-4-2)21(16)14-17(20)15-22(19)25;1-2/h7,9-10,17,19-21,23,26H,4-6,8,11-16H2,1-3H3;7,9-10,17-18,20-22H,4-6,8,11-16H2,1-3H3,(H,26,27);5-6,8,16-19,21,24-25H,2-4,7,9-14H2,1H3,(H,26,27);7-8,10,17-20,22,24-25H,3-6,9,11-15H2,1-2H3;2H,1H3/t17?,19-,20+,21-,23+;17-,18+,20+,21-,22-;16-,17-,18+,19-,21+;17-,18-,19+,20-,22+;/m0000./s1. The molecule has 0 aliphatic heterocycles. The van der Waals surface area contributed by atoms with Gasteiger partial charge in [0.1, 0.15) is 23.0 Å². The summed E-state index contributed by atoms with van der Waals surface area (Å²) in [6.45, 7) is 18.3. The van der Waals surface area contributed by atoms with Gasteiger partial charge in [-0.3, -0.25) is 0 Å². The van der Waals surface area contributed by atoms with Crippen molar-refractivity contribution in [2.45, 2.75) is 317 Å². The third-order valence-electron chi connectivity index (χ3n) is 27.9. The van der Waals surface area contributed by atoms with Crippen molar-refractivity contribution in [2.75, 3.05) is 40.6 Å². The highest BCUT2D eigenvalue weighted by Gasteiger charge is 2.49. The lowest BCUT2D eigenvalue weighted by atomic mass is 9.73. The minimum absolute atomic E-state index is 0.0534. The number of aliphatic hydroxyl groups is 6. The topological polar surface area (TPSA) is 259 Å². The van der Waals surface area contributed by atoms with Gasteiger partial charge in [-0.25, -0.2) is 14.4 Å². The monoisotopic (exact) mass is 1570 g/mol. The van der Waals surface area contributed by atoms with Crippen LogP contribution in [0.25, 0.3) is 0 Å². The second-order valence-corrected chi connectivity index (χ2v) is 35.7. The summed E-state index contributed by atoms with van der Waals surface area (Å²) in [6.07, 6.45) is 38.6. The van der Waals surface area contributed by atoms with Crippen LogP contribution in [0.3, 0.4) is 0 Å². The normalized spacial score (nSPS) is 26.8. The van der Waals surface area contributed by atoms with Crippen LogP contribution in [0.4, 0.5) is 0 Å². The summed E-state index contributed by atoms with van der Waals surface area (Å²) in [7, 11) is 2.38. The number of carbonyl (C=O) groups is 3. The second kappa shape index (κ2) is 48.2. The number of fused-ring (bicyclic) bond motifs is 8. The van der Waals surface area contributed by atoms with E-state index < -0.39 is 11.9 Å². The van der Waals surface area contributed by atoms with E-state index in [1.165, 1.54) is 136 Å². The zero-order valence-corrected chi connectivity index (χ0v) is 71.1. The van der Waals surface area contributed by atoms with E-state index in [1.54, 1.807) is 0 Å². The van der Waals surface area contributed by atoms with Gasteiger partial charge in [-0.1, -0.05) is 200 Å². The van der Waals surface area contributed by atoms with Crippen LogP contribution >= 0.6 is 0 Å². The quantitative estimate of drug-likeness (QED) is 0.0153. The molecule has 0 spiro atoms. The first-order chi connectivity index (χ1) is 54.6. The molecule has 0 saturated heterocycles. The van der Waals surface area contributed by atoms with Crippen LogP contribution < -0.4 is 18.9 Å². The highest BCUT2D eigenvalue weighted by molar-refractivity contribution is 5.71. The Morgan fingerprint density at radius 3 is 1.02 bits per heavy atom. The molecule has 0 radical (unpaired) electrons. The first-order valence-corrected chi connectivity index (χ1v) is 44.9. The van der Waals surface area contributed by atoms with Crippen LogP contribution in [-0.4, -0.2) is 130 Å². The van der Waals surface area contributed by atoms with E-state index >= 15 is 0 Å². The smallest absolute Gasteiger partial charge is 0.343 e. The molecule has 8 aliphatic carbocycles. The molecule has 16 nitrogen and oxygen atoms in total. The fraction of sp³-hybridized carbons (Fsp3) is 0.722. The van der Waals surface area contributed by atoms with Gasteiger partial charge in [0.05, 0.1) is 44.2 Å². The summed E-state index contributed by atoms with van der Waals surface area (Å²) in [5, 5.41) is 77.6. The third-order valence-corrected chi connectivity index (χ3v) is 27.9. The largest absolute Gasteiger partial charge is 0.494 e. The molecule has 4 saturated carbocycles. The van der Waals surface area contributed by atoms with Crippen molar-refractivity contribution < 1.29 is 78.9 Å². The number of hydrogen-bond donors (Lipinski definition) is 8. The number of ether oxygens (including phenoxy) is 5.